The van der Waals surface area contributed by atoms with E-state index in [1.54, 1.807) is 18.2 Å². The average molecular weight is 343 g/mol. The van der Waals surface area contributed by atoms with Crippen molar-refractivity contribution in [3.05, 3.63) is 29.3 Å². The Bertz CT molecular complexity index is 471. The SMILES string of the molecule is CCCCOc1ccc(C(=O)CBr)cc1CC(=O)OC. The predicted molar refractivity (Wildman–Crippen MR) is 80.7 cm³/mol. The van der Waals surface area contributed by atoms with Crippen molar-refractivity contribution in [3.8, 4) is 5.75 Å². The molecule has 0 N–H and O–H groups in total. The smallest absolute Gasteiger partial charge is 0.310 e. The molecule has 20 heavy (non-hydrogen) atoms. The molecule has 0 aromatic heterocycles. The fourth-order valence-corrected chi connectivity index (χ4v) is 1.99. The first-order chi connectivity index (χ1) is 9.62. The van der Waals surface area contributed by atoms with Crippen LogP contribution in [0.5, 0.6) is 5.75 Å². The number of rotatable bonds is 8. The van der Waals surface area contributed by atoms with Crippen molar-refractivity contribution in [3.63, 3.8) is 0 Å². The zero-order chi connectivity index (χ0) is 15.0. The molecule has 1 aromatic carbocycles. The second-order valence-corrected chi connectivity index (χ2v) is 4.89. The van der Waals surface area contributed by atoms with Crippen LogP contribution in [0.15, 0.2) is 18.2 Å². The average Bonchev–Trinajstić information content (AvgIpc) is 2.47. The van der Waals surface area contributed by atoms with E-state index in [4.69, 9.17) is 4.74 Å². The van der Waals surface area contributed by atoms with Gasteiger partial charge in [-0.05, 0) is 24.6 Å². The Labute approximate surface area is 127 Å². The van der Waals surface area contributed by atoms with Gasteiger partial charge in [0.05, 0.1) is 25.5 Å². The van der Waals surface area contributed by atoms with Crippen LogP contribution in [0.3, 0.4) is 0 Å². The van der Waals surface area contributed by atoms with E-state index in [0.29, 0.717) is 23.5 Å². The second kappa shape index (κ2) is 8.74. The molecule has 0 aliphatic carbocycles. The van der Waals surface area contributed by atoms with Gasteiger partial charge in [0.1, 0.15) is 5.75 Å². The summed E-state index contributed by atoms with van der Waals surface area (Å²) < 4.78 is 10.3. The molecule has 0 spiro atoms. The number of carbonyl (C=O) groups is 2. The van der Waals surface area contributed by atoms with Crippen LogP contribution in [-0.2, 0) is 16.0 Å². The highest BCUT2D eigenvalue weighted by Gasteiger charge is 2.13. The molecule has 0 atom stereocenters. The maximum atomic E-state index is 11.7. The van der Waals surface area contributed by atoms with Crippen molar-refractivity contribution < 1.29 is 19.1 Å². The lowest BCUT2D eigenvalue weighted by molar-refractivity contribution is -0.139. The molecular weight excluding hydrogens is 324 g/mol. The van der Waals surface area contributed by atoms with Crippen molar-refractivity contribution in [2.24, 2.45) is 0 Å². The quantitative estimate of drug-likeness (QED) is 0.315. The minimum atomic E-state index is -0.353. The molecule has 1 rings (SSSR count). The summed E-state index contributed by atoms with van der Waals surface area (Å²) in [5.74, 6) is 0.250. The number of unbranched alkanes of at least 4 members (excludes halogenated alkanes) is 1. The Kier molecular flexibility index (Phi) is 7.30. The minimum Gasteiger partial charge on any atom is -0.493 e. The number of hydrogen-bond acceptors (Lipinski definition) is 4. The molecule has 0 fully saturated rings. The Morgan fingerprint density at radius 2 is 2.05 bits per heavy atom. The molecule has 110 valence electrons. The molecule has 0 unspecified atom stereocenters. The lowest BCUT2D eigenvalue weighted by atomic mass is 10.0. The first-order valence-electron chi connectivity index (χ1n) is 6.54. The standard InChI is InChI=1S/C15H19BrO4/c1-3-4-7-20-14-6-5-11(13(17)10-16)8-12(14)9-15(18)19-2/h5-6,8H,3-4,7,9-10H2,1-2H3. The maximum absolute atomic E-state index is 11.7. The Morgan fingerprint density at radius 1 is 1.30 bits per heavy atom. The van der Waals surface area contributed by atoms with Gasteiger partial charge in [-0.15, -0.1) is 0 Å². The van der Waals surface area contributed by atoms with Gasteiger partial charge in [-0.3, -0.25) is 9.59 Å². The zero-order valence-electron chi connectivity index (χ0n) is 11.8. The molecule has 1 aromatic rings. The number of alkyl halides is 1. The third kappa shape index (κ3) is 4.96. The van der Waals surface area contributed by atoms with Crippen LogP contribution in [0.1, 0.15) is 35.7 Å². The first kappa shape index (κ1) is 16.7. The Balaban J connectivity index is 2.96. The number of halogens is 1. The number of Topliss-reactive ketones (excluding diaryl/α,β-unsaturated/α-hetero) is 1. The molecule has 0 aliphatic heterocycles. The van der Waals surface area contributed by atoms with Crippen molar-refractivity contribution in [2.75, 3.05) is 19.0 Å². The number of benzene rings is 1. The van der Waals surface area contributed by atoms with Gasteiger partial charge in [0.25, 0.3) is 0 Å². The minimum absolute atomic E-state index is 0.0313. The van der Waals surface area contributed by atoms with Crippen LogP contribution in [-0.4, -0.2) is 30.8 Å². The van der Waals surface area contributed by atoms with Crippen LogP contribution in [0.25, 0.3) is 0 Å². The van der Waals surface area contributed by atoms with E-state index in [2.05, 4.69) is 27.6 Å². The molecule has 4 nitrogen and oxygen atoms in total. The molecule has 0 saturated carbocycles. The number of ketones is 1. The number of methoxy groups -OCH3 is 1. The monoisotopic (exact) mass is 342 g/mol. The van der Waals surface area contributed by atoms with Crippen LogP contribution < -0.4 is 4.74 Å². The highest BCUT2D eigenvalue weighted by molar-refractivity contribution is 9.09. The first-order valence-corrected chi connectivity index (χ1v) is 7.66. The van der Waals surface area contributed by atoms with E-state index in [-0.39, 0.29) is 23.5 Å². The van der Waals surface area contributed by atoms with Crippen molar-refractivity contribution >= 4 is 27.7 Å². The topological polar surface area (TPSA) is 52.6 Å². The fourth-order valence-electron chi connectivity index (χ4n) is 1.66. The highest BCUT2D eigenvalue weighted by atomic mass is 79.9. The fraction of sp³-hybridized carbons (Fsp3) is 0.467. The number of ether oxygens (including phenoxy) is 2. The maximum Gasteiger partial charge on any atom is 0.310 e. The van der Waals surface area contributed by atoms with Gasteiger partial charge in [-0.1, -0.05) is 29.3 Å². The van der Waals surface area contributed by atoms with E-state index in [0.717, 1.165) is 12.8 Å². The molecule has 0 amide bonds. The van der Waals surface area contributed by atoms with Crippen LogP contribution in [0, 0.1) is 0 Å². The summed E-state index contributed by atoms with van der Waals surface area (Å²) in [6, 6.07) is 5.15. The van der Waals surface area contributed by atoms with Gasteiger partial charge >= 0.3 is 5.97 Å². The van der Waals surface area contributed by atoms with Crippen molar-refractivity contribution in [1.82, 2.24) is 0 Å². The molecule has 0 aliphatic rings. The molecule has 0 heterocycles. The molecule has 0 bridgehead atoms. The van der Waals surface area contributed by atoms with Crippen molar-refractivity contribution in [2.45, 2.75) is 26.2 Å². The Morgan fingerprint density at radius 3 is 2.65 bits per heavy atom. The Hall–Kier alpha value is -1.36. The van der Waals surface area contributed by atoms with E-state index >= 15 is 0 Å². The third-order valence-electron chi connectivity index (χ3n) is 2.82. The summed E-state index contributed by atoms with van der Waals surface area (Å²) >= 11 is 3.14. The van der Waals surface area contributed by atoms with E-state index < -0.39 is 0 Å². The normalized spacial score (nSPS) is 10.2. The van der Waals surface area contributed by atoms with Crippen LogP contribution in [0.2, 0.25) is 0 Å². The molecule has 5 heteroatoms. The molecule has 0 saturated heterocycles. The number of esters is 1. The van der Waals surface area contributed by atoms with Gasteiger partial charge in [0, 0.05) is 11.1 Å². The predicted octanol–water partition coefficient (Wildman–Crippen LogP) is 3.16. The van der Waals surface area contributed by atoms with Gasteiger partial charge < -0.3 is 9.47 Å². The van der Waals surface area contributed by atoms with Gasteiger partial charge in [-0.2, -0.15) is 0 Å². The summed E-state index contributed by atoms with van der Waals surface area (Å²) in [4.78, 5) is 23.1. The van der Waals surface area contributed by atoms with Gasteiger partial charge in [0.15, 0.2) is 5.78 Å². The van der Waals surface area contributed by atoms with Gasteiger partial charge in [-0.25, -0.2) is 0 Å². The van der Waals surface area contributed by atoms with Crippen LogP contribution in [0.4, 0.5) is 0 Å². The largest absolute Gasteiger partial charge is 0.493 e. The summed E-state index contributed by atoms with van der Waals surface area (Å²) in [6.07, 6.45) is 2.08. The van der Waals surface area contributed by atoms with Gasteiger partial charge in [0.2, 0.25) is 0 Å². The number of carbonyl (C=O) groups excluding carboxylic acids is 2. The summed E-state index contributed by atoms with van der Waals surface area (Å²) in [5.41, 5.74) is 1.24. The second-order valence-electron chi connectivity index (χ2n) is 4.33. The highest BCUT2D eigenvalue weighted by Crippen LogP contribution is 2.22. The summed E-state index contributed by atoms with van der Waals surface area (Å²) in [6.45, 7) is 2.67. The third-order valence-corrected chi connectivity index (χ3v) is 3.33. The zero-order valence-corrected chi connectivity index (χ0v) is 13.4. The number of hydrogen-bond donors (Lipinski definition) is 0. The van der Waals surface area contributed by atoms with E-state index in [9.17, 15) is 9.59 Å². The van der Waals surface area contributed by atoms with Crippen molar-refractivity contribution in [1.29, 1.82) is 0 Å². The summed E-state index contributed by atoms with van der Waals surface area (Å²) in [7, 11) is 1.34. The van der Waals surface area contributed by atoms with E-state index in [1.807, 2.05) is 0 Å². The van der Waals surface area contributed by atoms with Crippen LogP contribution >= 0.6 is 15.9 Å². The molecular formula is C15H19BrO4. The summed E-state index contributed by atoms with van der Waals surface area (Å²) in [5, 5.41) is 0.251. The lowest BCUT2D eigenvalue weighted by Crippen LogP contribution is -2.09. The molecule has 0 radical (unpaired) electrons. The lowest BCUT2D eigenvalue weighted by Gasteiger charge is -2.12. The van der Waals surface area contributed by atoms with E-state index in [1.165, 1.54) is 7.11 Å².